The van der Waals surface area contributed by atoms with E-state index >= 15 is 0 Å². The van der Waals surface area contributed by atoms with Crippen LogP contribution in [0.2, 0.25) is 0 Å². The van der Waals surface area contributed by atoms with Crippen LogP contribution in [0.15, 0.2) is 48.4 Å². The van der Waals surface area contributed by atoms with Gasteiger partial charge in [0, 0.05) is 22.1 Å². The van der Waals surface area contributed by atoms with Crippen molar-refractivity contribution in [2.75, 3.05) is 26.6 Å². The molecule has 2 N–H and O–H groups in total. The Kier molecular flexibility index (Phi) is 7.91. The van der Waals surface area contributed by atoms with E-state index in [1.807, 2.05) is 19.2 Å². The predicted octanol–water partition coefficient (Wildman–Crippen LogP) is 4.17. The maximum absolute atomic E-state index is 13.7. The van der Waals surface area contributed by atoms with Gasteiger partial charge in [0.1, 0.15) is 18.7 Å². The van der Waals surface area contributed by atoms with Crippen LogP contribution >= 0.6 is 11.3 Å². The first kappa shape index (κ1) is 26.6. The highest BCUT2D eigenvalue weighted by Crippen LogP contribution is 2.39. The molecule has 0 unspecified atom stereocenters. The van der Waals surface area contributed by atoms with E-state index in [0.29, 0.717) is 44.9 Å². The molecule has 38 heavy (non-hydrogen) atoms. The maximum Gasteiger partial charge on any atom is 0.326 e. The van der Waals surface area contributed by atoms with E-state index in [1.54, 1.807) is 30.3 Å². The van der Waals surface area contributed by atoms with Gasteiger partial charge in [-0.2, -0.15) is 5.10 Å². The van der Waals surface area contributed by atoms with Gasteiger partial charge in [-0.1, -0.05) is 19.9 Å². The van der Waals surface area contributed by atoms with Crippen molar-refractivity contribution >= 4 is 28.2 Å². The monoisotopic (exact) mass is 537 g/mol. The van der Waals surface area contributed by atoms with Gasteiger partial charge in [0.05, 0.1) is 32.7 Å². The van der Waals surface area contributed by atoms with Crippen LogP contribution in [0.5, 0.6) is 17.2 Å². The van der Waals surface area contributed by atoms with E-state index in [1.165, 1.54) is 50.0 Å². The van der Waals surface area contributed by atoms with Gasteiger partial charge in [-0.05, 0) is 30.2 Å². The molecular formula is C26H27N5O6S. The molecule has 0 spiro atoms. The topological polar surface area (TPSA) is 138 Å². The third kappa shape index (κ3) is 5.30. The van der Waals surface area contributed by atoms with Crippen molar-refractivity contribution in [3.05, 3.63) is 59.5 Å². The summed E-state index contributed by atoms with van der Waals surface area (Å²) < 4.78 is 17.7. The third-order valence-corrected chi connectivity index (χ3v) is 6.62. The summed E-state index contributed by atoms with van der Waals surface area (Å²) in [6.45, 7) is 3.66. The highest BCUT2D eigenvalue weighted by molar-refractivity contribution is 7.14. The largest absolute Gasteiger partial charge is 0.493 e. The highest BCUT2D eigenvalue weighted by Gasteiger charge is 2.24. The Balaban J connectivity index is 1.74. The SMILES string of the molecule is COc1cc(C(=O)c2ccc(-c3csc(N[C@H](C(=O)O)C(C)C)n3)cc2-n2cncn2)cc(OC)c1OC. The molecule has 0 aliphatic rings. The van der Waals surface area contributed by atoms with Crippen molar-refractivity contribution in [3.8, 4) is 34.2 Å². The van der Waals surface area contributed by atoms with Gasteiger partial charge < -0.3 is 24.6 Å². The number of carboxylic acids is 1. The maximum atomic E-state index is 13.7. The molecular weight excluding hydrogens is 510 g/mol. The fourth-order valence-electron chi connectivity index (χ4n) is 3.89. The number of aromatic nitrogens is 4. The van der Waals surface area contributed by atoms with Crippen molar-refractivity contribution in [2.45, 2.75) is 19.9 Å². The Morgan fingerprint density at radius 1 is 1.05 bits per heavy atom. The summed E-state index contributed by atoms with van der Waals surface area (Å²) >= 11 is 1.30. The van der Waals surface area contributed by atoms with Gasteiger partial charge in [0.2, 0.25) is 5.75 Å². The van der Waals surface area contributed by atoms with Crippen molar-refractivity contribution < 1.29 is 28.9 Å². The number of ether oxygens (including phenoxy) is 3. The number of rotatable bonds is 11. The van der Waals surface area contributed by atoms with Crippen LogP contribution in [0.1, 0.15) is 29.8 Å². The second kappa shape index (κ2) is 11.3. The van der Waals surface area contributed by atoms with Gasteiger partial charge in [-0.3, -0.25) is 4.79 Å². The molecule has 0 fully saturated rings. The molecule has 0 saturated carbocycles. The lowest BCUT2D eigenvalue weighted by Crippen LogP contribution is -2.34. The van der Waals surface area contributed by atoms with Crippen LogP contribution in [-0.2, 0) is 4.79 Å². The predicted molar refractivity (Wildman–Crippen MR) is 142 cm³/mol. The number of hydrogen-bond donors (Lipinski definition) is 2. The fraction of sp³-hybridized carbons (Fsp3) is 0.269. The number of anilines is 1. The van der Waals surface area contributed by atoms with E-state index < -0.39 is 12.0 Å². The Bertz CT molecular complexity index is 1430. The van der Waals surface area contributed by atoms with E-state index in [4.69, 9.17) is 14.2 Å². The summed E-state index contributed by atoms with van der Waals surface area (Å²) in [5, 5.41) is 19.0. The van der Waals surface area contributed by atoms with Gasteiger partial charge >= 0.3 is 5.97 Å². The first-order valence-corrected chi connectivity index (χ1v) is 12.4. The highest BCUT2D eigenvalue weighted by atomic mass is 32.1. The molecule has 0 bridgehead atoms. The lowest BCUT2D eigenvalue weighted by Gasteiger charge is -2.16. The zero-order valence-corrected chi connectivity index (χ0v) is 22.3. The first-order valence-electron chi connectivity index (χ1n) is 11.6. The van der Waals surface area contributed by atoms with Crippen molar-refractivity contribution in [1.82, 2.24) is 19.7 Å². The van der Waals surface area contributed by atoms with Crippen molar-refractivity contribution in [1.29, 1.82) is 0 Å². The smallest absolute Gasteiger partial charge is 0.326 e. The molecule has 12 heteroatoms. The van der Waals surface area contributed by atoms with Crippen molar-refractivity contribution in [2.24, 2.45) is 5.92 Å². The number of carbonyl (C=O) groups excluding carboxylic acids is 1. The van der Waals surface area contributed by atoms with Gasteiger partial charge in [0.25, 0.3) is 0 Å². The first-order chi connectivity index (χ1) is 18.3. The zero-order valence-electron chi connectivity index (χ0n) is 21.5. The number of nitrogens with zero attached hydrogens (tertiary/aromatic N) is 4. The van der Waals surface area contributed by atoms with E-state index in [9.17, 15) is 14.7 Å². The number of carbonyl (C=O) groups is 2. The number of nitrogens with one attached hydrogen (secondary N) is 1. The van der Waals surface area contributed by atoms with Crippen LogP contribution < -0.4 is 19.5 Å². The molecule has 2 aromatic heterocycles. The zero-order chi connectivity index (χ0) is 27.4. The Morgan fingerprint density at radius 3 is 2.32 bits per heavy atom. The molecule has 0 aliphatic carbocycles. The molecule has 2 heterocycles. The van der Waals surface area contributed by atoms with Crippen LogP contribution in [0, 0.1) is 5.92 Å². The van der Waals surface area contributed by atoms with Crippen molar-refractivity contribution in [3.63, 3.8) is 0 Å². The summed E-state index contributed by atoms with van der Waals surface area (Å²) in [4.78, 5) is 33.9. The molecule has 0 radical (unpaired) electrons. The minimum atomic E-state index is -0.945. The second-order valence-corrected chi connectivity index (χ2v) is 9.42. The van der Waals surface area contributed by atoms with Gasteiger partial charge in [-0.25, -0.2) is 19.4 Å². The normalized spacial score (nSPS) is 11.7. The second-order valence-electron chi connectivity index (χ2n) is 8.56. The molecule has 0 aliphatic heterocycles. The molecule has 4 aromatic rings. The van der Waals surface area contributed by atoms with Crippen LogP contribution in [0.25, 0.3) is 16.9 Å². The Morgan fingerprint density at radius 2 is 1.76 bits per heavy atom. The van der Waals surface area contributed by atoms with E-state index in [0.717, 1.165) is 5.56 Å². The molecule has 2 aromatic carbocycles. The number of aliphatic carboxylic acids is 1. The average Bonchev–Trinajstić information content (AvgIpc) is 3.62. The molecule has 1 atom stereocenters. The molecule has 4 rings (SSSR count). The standard InChI is InChI=1S/C26H27N5O6S/c1-14(2)22(25(33)34)30-26-29-18(11-38-26)15-6-7-17(19(8-15)31-13-27-12-28-31)23(32)16-9-20(35-3)24(37-5)21(10-16)36-4/h6-14,22H,1-5H3,(H,29,30)(H,33,34)/t22-/m0/s1. The number of ketones is 1. The number of carboxylic acid groups (broad SMARTS) is 1. The summed E-state index contributed by atoms with van der Waals surface area (Å²) in [5.74, 6) is -0.258. The number of thiazole rings is 1. The fourth-order valence-corrected chi connectivity index (χ4v) is 4.65. The minimum absolute atomic E-state index is 0.126. The molecule has 11 nitrogen and oxygen atoms in total. The number of methoxy groups -OCH3 is 3. The van der Waals surface area contributed by atoms with Crippen LogP contribution in [0.4, 0.5) is 5.13 Å². The summed E-state index contributed by atoms with van der Waals surface area (Å²) in [6, 6.07) is 7.68. The summed E-state index contributed by atoms with van der Waals surface area (Å²) in [7, 11) is 4.46. The molecule has 0 saturated heterocycles. The summed E-state index contributed by atoms with van der Waals surface area (Å²) in [6.07, 6.45) is 2.88. The lowest BCUT2D eigenvalue weighted by molar-refractivity contribution is -0.138. The van der Waals surface area contributed by atoms with Crippen LogP contribution in [-0.4, -0.2) is 64.0 Å². The lowest BCUT2D eigenvalue weighted by atomic mass is 9.98. The number of hydrogen-bond acceptors (Lipinski definition) is 10. The Hall–Kier alpha value is -4.45. The van der Waals surface area contributed by atoms with Gasteiger partial charge in [0.15, 0.2) is 22.4 Å². The van der Waals surface area contributed by atoms with E-state index in [-0.39, 0.29) is 11.7 Å². The third-order valence-electron chi connectivity index (χ3n) is 5.85. The van der Waals surface area contributed by atoms with E-state index in [2.05, 4.69) is 20.4 Å². The molecule has 198 valence electrons. The minimum Gasteiger partial charge on any atom is -0.493 e. The summed E-state index contributed by atoms with van der Waals surface area (Å²) in [5.41, 5.74) is 2.54. The van der Waals surface area contributed by atoms with Gasteiger partial charge in [-0.15, -0.1) is 11.3 Å². The molecule has 0 amide bonds. The number of benzene rings is 2. The quantitative estimate of drug-likeness (QED) is 0.268. The van der Waals surface area contributed by atoms with Crippen LogP contribution in [0.3, 0.4) is 0 Å². The average molecular weight is 538 g/mol. The Labute approximate surface area is 223 Å².